The zero-order valence-corrected chi connectivity index (χ0v) is 29.0. The van der Waals surface area contributed by atoms with Gasteiger partial charge in [-0.05, 0) is 65.6 Å². The number of aryl methyl sites for hydroxylation is 1. The normalized spacial score (nSPS) is 13.1. The van der Waals surface area contributed by atoms with Crippen molar-refractivity contribution in [2.24, 2.45) is 11.3 Å². The van der Waals surface area contributed by atoms with E-state index in [1.54, 1.807) is 60.7 Å². The molecule has 11 heteroatoms. The number of carbonyl (C=O) groups is 5. The van der Waals surface area contributed by atoms with Crippen molar-refractivity contribution in [2.75, 3.05) is 10.6 Å². The van der Waals surface area contributed by atoms with Crippen LogP contribution in [0, 0.1) is 18.3 Å². The van der Waals surface area contributed by atoms with E-state index < -0.39 is 47.8 Å². The van der Waals surface area contributed by atoms with E-state index in [9.17, 15) is 34.2 Å². The fourth-order valence-corrected chi connectivity index (χ4v) is 5.39. The lowest BCUT2D eigenvalue weighted by Crippen LogP contribution is -2.45. The fourth-order valence-electron chi connectivity index (χ4n) is 5.39. The Labute approximate surface area is 287 Å². The van der Waals surface area contributed by atoms with E-state index in [1.807, 2.05) is 53.7 Å². The predicted molar refractivity (Wildman–Crippen MR) is 190 cm³/mol. The second kappa shape index (κ2) is 17.3. The molecule has 3 aromatic carbocycles. The van der Waals surface area contributed by atoms with Gasteiger partial charge in [-0.1, -0.05) is 88.7 Å². The van der Waals surface area contributed by atoms with Crippen molar-refractivity contribution in [1.29, 1.82) is 0 Å². The SMILES string of the molecule is Cc1ccc(NC(=O)Nc2ccc(C(CC(C)C)C(=O)NC(Cc3ccccc3CC(NC(=O)CC(C)(C)C)C(=O)O)C(=O)O)cc2)cc1. The van der Waals surface area contributed by atoms with Crippen molar-refractivity contribution < 1.29 is 34.2 Å². The quantitative estimate of drug-likeness (QED) is 0.113. The first kappa shape index (κ1) is 38.3. The van der Waals surface area contributed by atoms with Crippen LogP contribution in [0.3, 0.4) is 0 Å². The van der Waals surface area contributed by atoms with Crippen LogP contribution in [0.15, 0.2) is 72.8 Å². The lowest BCUT2D eigenvalue weighted by atomic mass is 9.88. The molecule has 0 heterocycles. The van der Waals surface area contributed by atoms with Gasteiger partial charge in [0.25, 0.3) is 0 Å². The minimum absolute atomic E-state index is 0.0545. The van der Waals surface area contributed by atoms with Crippen molar-refractivity contribution in [3.63, 3.8) is 0 Å². The molecule has 0 saturated heterocycles. The van der Waals surface area contributed by atoms with Crippen LogP contribution >= 0.6 is 0 Å². The summed E-state index contributed by atoms with van der Waals surface area (Å²) >= 11 is 0. The molecule has 3 aromatic rings. The smallest absolute Gasteiger partial charge is 0.326 e. The molecule has 6 N–H and O–H groups in total. The van der Waals surface area contributed by atoms with Gasteiger partial charge in [0, 0.05) is 30.6 Å². The summed E-state index contributed by atoms with van der Waals surface area (Å²) in [7, 11) is 0. The number of aliphatic carboxylic acids is 2. The molecule has 0 aliphatic heterocycles. The number of hydrogen-bond acceptors (Lipinski definition) is 5. The maximum Gasteiger partial charge on any atom is 0.326 e. The summed E-state index contributed by atoms with van der Waals surface area (Å²) in [5.41, 5.74) is 3.67. The van der Waals surface area contributed by atoms with Crippen molar-refractivity contribution >= 4 is 41.2 Å². The van der Waals surface area contributed by atoms with Crippen LogP contribution in [0.5, 0.6) is 0 Å². The number of carboxylic acid groups (broad SMARTS) is 2. The Balaban J connectivity index is 1.74. The van der Waals surface area contributed by atoms with Crippen molar-refractivity contribution in [1.82, 2.24) is 10.6 Å². The van der Waals surface area contributed by atoms with Gasteiger partial charge in [0.15, 0.2) is 0 Å². The van der Waals surface area contributed by atoms with E-state index in [2.05, 4.69) is 21.3 Å². The topological polar surface area (TPSA) is 174 Å². The summed E-state index contributed by atoms with van der Waals surface area (Å²) in [5, 5.41) is 30.8. The molecule has 4 amide bonds. The zero-order chi connectivity index (χ0) is 36.3. The summed E-state index contributed by atoms with van der Waals surface area (Å²) in [6, 6.07) is 18.1. The average molecular weight is 673 g/mol. The summed E-state index contributed by atoms with van der Waals surface area (Å²) in [4.78, 5) is 63.2. The molecule has 11 nitrogen and oxygen atoms in total. The predicted octanol–water partition coefficient (Wildman–Crippen LogP) is 6.13. The van der Waals surface area contributed by atoms with Gasteiger partial charge in [-0.3, -0.25) is 9.59 Å². The van der Waals surface area contributed by atoms with Crippen LogP contribution in [-0.2, 0) is 32.0 Å². The standard InChI is InChI=1S/C38H48N4O7/c1-23(2)19-30(25-13-17-29(18-14-25)40-37(49)39-28-15-11-24(3)12-16-28)34(44)42-32(36(47)48)21-27-10-8-7-9-26(27)20-31(35(45)46)41-33(43)22-38(4,5)6/h7-18,23,30-32H,19-22H2,1-6H3,(H,41,43)(H,42,44)(H,45,46)(H,47,48)(H2,39,40,49). The van der Waals surface area contributed by atoms with Crippen molar-refractivity contribution in [3.8, 4) is 0 Å². The van der Waals surface area contributed by atoms with E-state index in [1.165, 1.54) is 0 Å². The number of nitrogens with one attached hydrogen (secondary N) is 4. The molecule has 0 radical (unpaired) electrons. The molecule has 0 aliphatic carbocycles. The third kappa shape index (κ3) is 12.7. The van der Waals surface area contributed by atoms with Crippen LogP contribution in [0.25, 0.3) is 0 Å². The van der Waals surface area contributed by atoms with Crippen LogP contribution in [0.1, 0.15) is 75.6 Å². The summed E-state index contributed by atoms with van der Waals surface area (Å²) in [6.07, 6.45) is 0.448. The zero-order valence-electron chi connectivity index (χ0n) is 29.0. The van der Waals surface area contributed by atoms with E-state index in [-0.39, 0.29) is 30.6 Å². The highest BCUT2D eigenvalue weighted by Gasteiger charge is 2.29. The van der Waals surface area contributed by atoms with Gasteiger partial charge in [0.05, 0.1) is 5.92 Å². The highest BCUT2D eigenvalue weighted by molar-refractivity contribution is 5.99. The monoisotopic (exact) mass is 672 g/mol. The van der Waals surface area contributed by atoms with E-state index in [0.29, 0.717) is 34.5 Å². The Morgan fingerprint density at radius 2 is 1.16 bits per heavy atom. The lowest BCUT2D eigenvalue weighted by molar-refractivity contribution is -0.142. The van der Waals surface area contributed by atoms with E-state index >= 15 is 0 Å². The minimum atomic E-state index is -1.30. The van der Waals surface area contributed by atoms with Gasteiger partial charge in [-0.2, -0.15) is 0 Å². The molecular formula is C38H48N4O7. The Kier molecular flexibility index (Phi) is 13.5. The molecular weight excluding hydrogens is 624 g/mol. The van der Waals surface area contributed by atoms with Crippen molar-refractivity contribution in [3.05, 3.63) is 95.1 Å². The van der Waals surface area contributed by atoms with Crippen LogP contribution < -0.4 is 21.3 Å². The molecule has 3 rings (SSSR count). The molecule has 0 aromatic heterocycles. The maximum atomic E-state index is 13.7. The van der Waals surface area contributed by atoms with Gasteiger partial charge >= 0.3 is 18.0 Å². The molecule has 0 saturated carbocycles. The molecule has 0 fully saturated rings. The van der Waals surface area contributed by atoms with E-state index in [4.69, 9.17) is 0 Å². The third-order valence-electron chi connectivity index (χ3n) is 7.81. The maximum absolute atomic E-state index is 13.7. The first-order chi connectivity index (χ1) is 23.0. The molecule has 3 unspecified atom stereocenters. The largest absolute Gasteiger partial charge is 0.480 e. The summed E-state index contributed by atoms with van der Waals surface area (Å²) in [6.45, 7) is 11.5. The second-order valence-electron chi connectivity index (χ2n) is 14.0. The number of urea groups is 1. The Morgan fingerprint density at radius 3 is 1.61 bits per heavy atom. The molecule has 262 valence electrons. The van der Waals surface area contributed by atoms with Crippen LogP contribution in [0.4, 0.5) is 16.2 Å². The number of hydrogen-bond donors (Lipinski definition) is 6. The van der Waals surface area contributed by atoms with Crippen LogP contribution in [0.2, 0.25) is 0 Å². The summed E-state index contributed by atoms with van der Waals surface area (Å²) < 4.78 is 0. The fraction of sp³-hybridized carbons (Fsp3) is 0.395. The van der Waals surface area contributed by atoms with Gasteiger partial charge < -0.3 is 31.5 Å². The molecule has 49 heavy (non-hydrogen) atoms. The Morgan fingerprint density at radius 1 is 0.694 bits per heavy atom. The lowest BCUT2D eigenvalue weighted by Gasteiger charge is -2.24. The number of anilines is 2. The number of carbonyl (C=O) groups excluding carboxylic acids is 3. The number of benzene rings is 3. The van der Waals surface area contributed by atoms with Crippen LogP contribution in [-0.4, -0.2) is 52.1 Å². The highest BCUT2D eigenvalue weighted by atomic mass is 16.4. The van der Waals surface area contributed by atoms with Gasteiger partial charge in [-0.15, -0.1) is 0 Å². The number of rotatable bonds is 15. The Hall–Kier alpha value is -5.19. The van der Waals surface area contributed by atoms with Gasteiger partial charge in [0.1, 0.15) is 12.1 Å². The number of amides is 4. The second-order valence-corrected chi connectivity index (χ2v) is 14.0. The first-order valence-electron chi connectivity index (χ1n) is 16.4. The minimum Gasteiger partial charge on any atom is -0.480 e. The first-order valence-corrected chi connectivity index (χ1v) is 16.4. The number of carboxylic acids is 2. The van der Waals surface area contributed by atoms with E-state index in [0.717, 1.165) is 5.56 Å². The molecule has 3 atom stereocenters. The van der Waals surface area contributed by atoms with Crippen molar-refractivity contribution in [2.45, 2.75) is 85.2 Å². The molecule has 0 aliphatic rings. The average Bonchev–Trinajstić information content (AvgIpc) is 3.00. The third-order valence-corrected chi connectivity index (χ3v) is 7.81. The Bertz CT molecular complexity index is 1610. The van der Waals surface area contributed by atoms with Gasteiger partial charge in [0.2, 0.25) is 11.8 Å². The highest BCUT2D eigenvalue weighted by Crippen LogP contribution is 2.26. The molecule has 0 bridgehead atoms. The molecule has 0 spiro atoms. The van der Waals surface area contributed by atoms with Gasteiger partial charge in [-0.25, -0.2) is 14.4 Å². The summed E-state index contributed by atoms with van der Waals surface area (Å²) in [5.74, 6) is -3.85.